The SMILES string of the molecule is C=CCN(CCO)S(=O)(=O)c1ccc(Cl)cc1N. The van der Waals surface area contributed by atoms with Gasteiger partial charge >= 0.3 is 0 Å². The molecule has 0 aliphatic heterocycles. The van der Waals surface area contributed by atoms with Crippen LogP contribution in [0.3, 0.4) is 0 Å². The molecule has 0 unspecified atom stereocenters. The Morgan fingerprint density at radius 3 is 2.67 bits per heavy atom. The van der Waals surface area contributed by atoms with Crippen molar-refractivity contribution in [3.8, 4) is 0 Å². The van der Waals surface area contributed by atoms with Crippen molar-refractivity contribution < 1.29 is 13.5 Å². The molecule has 1 aromatic carbocycles. The molecule has 0 saturated carbocycles. The van der Waals surface area contributed by atoms with E-state index in [1.165, 1.54) is 24.3 Å². The second-order valence-electron chi connectivity index (χ2n) is 3.56. The maximum absolute atomic E-state index is 12.3. The summed E-state index contributed by atoms with van der Waals surface area (Å²) in [5.41, 5.74) is 5.74. The number of aliphatic hydroxyl groups is 1. The predicted molar refractivity (Wildman–Crippen MR) is 71.9 cm³/mol. The lowest BCUT2D eigenvalue weighted by Gasteiger charge is -2.20. The highest BCUT2D eigenvalue weighted by Crippen LogP contribution is 2.25. The van der Waals surface area contributed by atoms with Crippen LogP contribution < -0.4 is 5.73 Å². The summed E-state index contributed by atoms with van der Waals surface area (Å²) in [6, 6.07) is 4.18. The number of halogens is 1. The summed E-state index contributed by atoms with van der Waals surface area (Å²) in [5, 5.41) is 9.26. The Hall–Kier alpha value is -1.08. The van der Waals surface area contributed by atoms with Crippen LogP contribution >= 0.6 is 11.6 Å². The van der Waals surface area contributed by atoms with Crippen LogP contribution in [0.5, 0.6) is 0 Å². The summed E-state index contributed by atoms with van der Waals surface area (Å²) < 4.78 is 25.7. The standard InChI is InChI=1S/C11H15ClN2O3S/c1-2-5-14(6-7-15)18(16,17)11-4-3-9(12)8-10(11)13/h2-4,8,15H,1,5-7,13H2. The molecule has 0 aromatic heterocycles. The van der Waals surface area contributed by atoms with Crippen LogP contribution in [-0.4, -0.2) is 37.5 Å². The van der Waals surface area contributed by atoms with Gasteiger partial charge < -0.3 is 10.8 Å². The molecular formula is C11H15ClN2O3S. The van der Waals surface area contributed by atoms with Gasteiger partial charge in [0.1, 0.15) is 4.90 Å². The van der Waals surface area contributed by atoms with E-state index in [-0.39, 0.29) is 30.3 Å². The van der Waals surface area contributed by atoms with E-state index in [9.17, 15) is 8.42 Å². The highest BCUT2D eigenvalue weighted by atomic mass is 35.5. The van der Waals surface area contributed by atoms with Gasteiger partial charge in [0.15, 0.2) is 0 Å². The van der Waals surface area contributed by atoms with Crippen molar-refractivity contribution in [2.75, 3.05) is 25.4 Å². The largest absolute Gasteiger partial charge is 0.398 e. The first-order valence-corrected chi connectivity index (χ1v) is 7.02. The lowest BCUT2D eigenvalue weighted by molar-refractivity contribution is 0.260. The highest BCUT2D eigenvalue weighted by molar-refractivity contribution is 7.89. The average molecular weight is 291 g/mol. The van der Waals surface area contributed by atoms with Crippen molar-refractivity contribution in [2.24, 2.45) is 0 Å². The smallest absolute Gasteiger partial charge is 0.245 e. The van der Waals surface area contributed by atoms with Gasteiger partial charge in [-0.15, -0.1) is 6.58 Å². The second-order valence-corrected chi connectivity index (χ2v) is 5.90. The van der Waals surface area contributed by atoms with Gasteiger partial charge in [-0.1, -0.05) is 17.7 Å². The van der Waals surface area contributed by atoms with Crippen LogP contribution in [0.1, 0.15) is 0 Å². The van der Waals surface area contributed by atoms with Crippen LogP contribution in [0, 0.1) is 0 Å². The Kier molecular flexibility index (Phi) is 5.15. The number of hydrogen-bond acceptors (Lipinski definition) is 4. The fourth-order valence-corrected chi connectivity index (χ4v) is 3.14. The topological polar surface area (TPSA) is 83.6 Å². The van der Waals surface area contributed by atoms with Gasteiger partial charge in [0.05, 0.1) is 12.3 Å². The van der Waals surface area contributed by atoms with Gasteiger partial charge in [-0.3, -0.25) is 0 Å². The number of anilines is 1. The Morgan fingerprint density at radius 1 is 1.50 bits per heavy atom. The molecule has 0 spiro atoms. The number of sulfonamides is 1. The fourth-order valence-electron chi connectivity index (χ4n) is 1.46. The maximum Gasteiger partial charge on any atom is 0.245 e. The zero-order chi connectivity index (χ0) is 13.8. The third kappa shape index (κ3) is 3.23. The molecule has 18 heavy (non-hydrogen) atoms. The van der Waals surface area contributed by atoms with Gasteiger partial charge in [-0.2, -0.15) is 4.31 Å². The van der Waals surface area contributed by atoms with Gasteiger partial charge in [-0.05, 0) is 18.2 Å². The number of rotatable bonds is 6. The van der Waals surface area contributed by atoms with E-state index in [1.54, 1.807) is 0 Å². The molecular weight excluding hydrogens is 276 g/mol. The van der Waals surface area contributed by atoms with E-state index in [2.05, 4.69) is 6.58 Å². The van der Waals surface area contributed by atoms with Crippen LogP contribution in [0.25, 0.3) is 0 Å². The summed E-state index contributed by atoms with van der Waals surface area (Å²) in [5.74, 6) is 0. The first-order valence-electron chi connectivity index (χ1n) is 5.20. The summed E-state index contributed by atoms with van der Waals surface area (Å²) in [6.07, 6.45) is 1.44. The van der Waals surface area contributed by atoms with Crippen LogP contribution in [0.2, 0.25) is 5.02 Å². The monoisotopic (exact) mass is 290 g/mol. The predicted octanol–water partition coefficient (Wildman–Crippen LogP) is 1.09. The molecule has 0 fully saturated rings. The van der Waals surface area contributed by atoms with Gasteiger partial charge in [-0.25, -0.2) is 8.42 Å². The van der Waals surface area contributed by atoms with Gasteiger partial charge in [0.2, 0.25) is 10.0 Å². The fraction of sp³-hybridized carbons (Fsp3) is 0.273. The third-order valence-corrected chi connectivity index (χ3v) is 4.45. The lowest BCUT2D eigenvalue weighted by Crippen LogP contribution is -2.34. The van der Waals surface area contributed by atoms with Crippen molar-refractivity contribution in [3.05, 3.63) is 35.9 Å². The molecule has 0 atom stereocenters. The quantitative estimate of drug-likeness (QED) is 0.607. The van der Waals surface area contributed by atoms with Crippen LogP contribution in [0.4, 0.5) is 5.69 Å². The molecule has 0 amide bonds. The molecule has 0 aliphatic rings. The molecule has 1 aromatic rings. The van der Waals surface area contributed by atoms with Crippen molar-refractivity contribution in [2.45, 2.75) is 4.90 Å². The summed E-state index contributed by atoms with van der Waals surface area (Å²) in [7, 11) is -3.75. The van der Waals surface area contributed by atoms with Crippen molar-refractivity contribution in [1.29, 1.82) is 0 Å². The summed E-state index contributed by atoms with van der Waals surface area (Å²) >= 11 is 5.72. The summed E-state index contributed by atoms with van der Waals surface area (Å²) in [6.45, 7) is 3.29. The van der Waals surface area contributed by atoms with Crippen molar-refractivity contribution in [3.63, 3.8) is 0 Å². The Balaban J connectivity index is 3.21. The minimum absolute atomic E-state index is 0.0174. The van der Waals surface area contributed by atoms with Crippen LogP contribution in [-0.2, 0) is 10.0 Å². The number of hydrogen-bond donors (Lipinski definition) is 2. The first-order chi connectivity index (χ1) is 8.43. The number of nitrogens with zero attached hydrogens (tertiary/aromatic N) is 1. The van der Waals surface area contributed by atoms with E-state index in [0.717, 1.165) is 4.31 Å². The Morgan fingerprint density at radius 2 is 2.17 bits per heavy atom. The number of benzene rings is 1. The molecule has 1 rings (SSSR count). The maximum atomic E-state index is 12.3. The lowest BCUT2D eigenvalue weighted by atomic mass is 10.3. The zero-order valence-electron chi connectivity index (χ0n) is 9.71. The molecule has 0 bridgehead atoms. The van der Waals surface area contributed by atoms with E-state index >= 15 is 0 Å². The normalized spacial score (nSPS) is 11.7. The number of nitrogen functional groups attached to an aromatic ring is 1. The van der Waals surface area contributed by atoms with Gasteiger partial charge in [0.25, 0.3) is 0 Å². The van der Waals surface area contributed by atoms with Crippen LogP contribution in [0.15, 0.2) is 35.7 Å². The minimum Gasteiger partial charge on any atom is -0.398 e. The average Bonchev–Trinajstić information content (AvgIpc) is 2.28. The van der Waals surface area contributed by atoms with Crippen molar-refractivity contribution in [1.82, 2.24) is 4.31 Å². The second kappa shape index (κ2) is 6.19. The van der Waals surface area contributed by atoms with E-state index in [1.807, 2.05) is 0 Å². The first kappa shape index (κ1) is 15.0. The summed E-state index contributed by atoms with van der Waals surface area (Å²) in [4.78, 5) is -0.0257. The third-order valence-electron chi connectivity index (χ3n) is 2.27. The molecule has 5 nitrogen and oxygen atoms in total. The zero-order valence-corrected chi connectivity index (χ0v) is 11.3. The van der Waals surface area contributed by atoms with E-state index in [4.69, 9.17) is 22.4 Å². The number of nitrogens with two attached hydrogens (primary N) is 1. The minimum atomic E-state index is -3.75. The molecule has 3 N–H and O–H groups in total. The number of aliphatic hydroxyl groups excluding tert-OH is 1. The Bertz CT molecular complexity index is 531. The molecule has 0 radical (unpaired) electrons. The Labute approximate surface area is 112 Å². The molecule has 0 saturated heterocycles. The van der Waals surface area contributed by atoms with E-state index < -0.39 is 10.0 Å². The molecule has 0 heterocycles. The highest BCUT2D eigenvalue weighted by Gasteiger charge is 2.25. The molecule has 100 valence electrons. The van der Waals surface area contributed by atoms with Gasteiger partial charge in [0, 0.05) is 18.1 Å². The van der Waals surface area contributed by atoms with E-state index in [0.29, 0.717) is 5.02 Å². The van der Waals surface area contributed by atoms with Crippen molar-refractivity contribution >= 4 is 27.3 Å². The molecule has 7 heteroatoms. The molecule has 0 aliphatic carbocycles.